The van der Waals surface area contributed by atoms with Crippen LogP contribution in [0, 0.1) is 5.92 Å². The van der Waals surface area contributed by atoms with E-state index in [1.165, 1.54) is 0 Å². The molecule has 3 aromatic rings. The van der Waals surface area contributed by atoms with E-state index in [1.54, 1.807) is 23.8 Å². The molecule has 1 aliphatic carbocycles. The van der Waals surface area contributed by atoms with Gasteiger partial charge >= 0.3 is 12.2 Å². The molecule has 1 aliphatic rings. The number of hydrogen-bond acceptors (Lipinski definition) is 6. The van der Waals surface area contributed by atoms with Gasteiger partial charge in [-0.1, -0.05) is 30.3 Å². The zero-order valence-corrected chi connectivity index (χ0v) is 23.6. The van der Waals surface area contributed by atoms with E-state index in [0.29, 0.717) is 5.75 Å². The normalized spacial score (nSPS) is 18.0. The van der Waals surface area contributed by atoms with Gasteiger partial charge in [0.25, 0.3) is 5.56 Å². The van der Waals surface area contributed by atoms with Crippen molar-refractivity contribution in [1.29, 1.82) is 0 Å². The Balaban J connectivity index is 1.45. The van der Waals surface area contributed by atoms with Gasteiger partial charge in [-0.15, -0.1) is 0 Å². The highest BCUT2D eigenvalue weighted by Crippen LogP contribution is 2.29. The Bertz CT molecular complexity index is 1360. The van der Waals surface area contributed by atoms with Crippen LogP contribution < -0.4 is 20.9 Å². The number of carbonyl (C=O) groups is 2. The molecule has 1 fully saturated rings. The molecule has 0 saturated heterocycles. The minimum absolute atomic E-state index is 0.0220. The quantitative estimate of drug-likeness (QED) is 0.390. The molecular weight excluding hydrogens is 510 g/mol. The van der Waals surface area contributed by atoms with Crippen molar-refractivity contribution in [1.82, 2.24) is 15.2 Å². The molecule has 40 heavy (non-hydrogen) atoms. The average molecular weight is 550 g/mol. The zero-order valence-electron chi connectivity index (χ0n) is 23.6. The van der Waals surface area contributed by atoms with Gasteiger partial charge in [0.2, 0.25) is 0 Å². The lowest BCUT2D eigenvalue weighted by Gasteiger charge is -2.35. The maximum atomic E-state index is 13.0. The van der Waals surface area contributed by atoms with Gasteiger partial charge in [0.1, 0.15) is 18.0 Å². The molecule has 1 aromatic heterocycles. The molecule has 2 aromatic carbocycles. The predicted molar refractivity (Wildman–Crippen MR) is 153 cm³/mol. The summed E-state index contributed by atoms with van der Waals surface area (Å²) in [4.78, 5) is 38.2. The first-order chi connectivity index (χ1) is 19.1. The van der Waals surface area contributed by atoms with Crippen LogP contribution in [0.15, 0.2) is 65.5 Å². The van der Waals surface area contributed by atoms with Crippen LogP contribution in [0.3, 0.4) is 0 Å². The van der Waals surface area contributed by atoms with Crippen molar-refractivity contribution in [3.8, 4) is 5.75 Å². The molecule has 4 rings (SSSR count). The predicted octanol–water partition coefficient (Wildman–Crippen LogP) is 5.39. The standard InChI is InChI=1S/C31H39N3O6/c1-31(2,3)40-30(37)33-26(19-34-27-18-25(38-4)16-12-23(27)13-17-28(34)35)22-10-14-24(15-11-22)32-29(36)39-20-21-8-6-5-7-9-21/h5-9,12-13,16-18,22,24,26H,10-11,14-15,19-20H2,1-4H3,(H,32,36)(H,33,37)/t22-,24-,26?. The highest BCUT2D eigenvalue weighted by molar-refractivity contribution is 5.80. The lowest BCUT2D eigenvalue weighted by Crippen LogP contribution is -2.48. The van der Waals surface area contributed by atoms with E-state index in [2.05, 4.69) is 10.6 Å². The fourth-order valence-corrected chi connectivity index (χ4v) is 5.15. The molecule has 0 radical (unpaired) electrons. The van der Waals surface area contributed by atoms with Gasteiger partial charge in [0, 0.05) is 24.7 Å². The smallest absolute Gasteiger partial charge is 0.407 e. The van der Waals surface area contributed by atoms with E-state index in [9.17, 15) is 14.4 Å². The number of pyridine rings is 1. The van der Waals surface area contributed by atoms with E-state index in [1.807, 2.05) is 69.3 Å². The SMILES string of the molecule is COc1ccc2ccc(=O)n(CC(NC(=O)OC(C)(C)C)[C@H]3CC[C@H](NC(=O)OCc4ccccc4)CC3)c2c1. The van der Waals surface area contributed by atoms with Gasteiger partial charge < -0.3 is 29.4 Å². The maximum Gasteiger partial charge on any atom is 0.407 e. The summed E-state index contributed by atoms with van der Waals surface area (Å²) in [5, 5.41) is 6.92. The Labute approximate surface area is 234 Å². The molecule has 2 amide bonds. The van der Waals surface area contributed by atoms with E-state index < -0.39 is 17.8 Å². The Morgan fingerprint density at radius 1 is 0.975 bits per heavy atom. The first-order valence-electron chi connectivity index (χ1n) is 13.8. The summed E-state index contributed by atoms with van der Waals surface area (Å²) in [6.45, 7) is 5.95. The number of alkyl carbamates (subject to hydrolysis) is 2. The third-order valence-corrected chi connectivity index (χ3v) is 7.16. The van der Waals surface area contributed by atoms with Crippen LogP contribution in [-0.4, -0.2) is 41.5 Å². The van der Waals surface area contributed by atoms with Gasteiger partial charge in [0.05, 0.1) is 18.7 Å². The van der Waals surface area contributed by atoms with Crippen LogP contribution in [0.25, 0.3) is 10.9 Å². The van der Waals surface area contributed by atoms with Crippen LogP contribution in [0.1, 0.15) is 52.0 Å². The fraction of sp³-hybridized carbons (Fsp3) is 0.452. The number of hydrogen-bond donors (Lipinski definition) is 2. The Morgan fingerprint density at radius 3 is 2.35 bits per heavy atom. The van der Waals surface area contributed by atoms with Crippen molar-refractivity contribution in [3.63, 3.8) is 0 Å². The zero-order chi connectivity index (χ0) is 28.7. The second-order valence-corrected chi connectivity index (χ2v) is 11.3. The van der Waals surface area contributed by atoms with E-state index in [0.717, 1.165) is 42.1 Å². The number of methoxy groups -OCH3 is 1. The van der Waals surface area contributed by atoms with Crippen molar-refractivity contribution in [2.75, 3.05) is 7.11 Å². The Hall–Kier alpha value is -4.01. The number of amides is 2. The summed E-state index contributed by atoms with van der Waals surface area (Å²) in [6.07, 6.45) is 2.02. The fourth-order valence-electron chi connectivity index (χ4n) is 5.15. The number of rotatable bonds is 8. The van der Waals surface area contributed by atoms with Gasteiger partial charge in [0.15, 0.2) is 0 Å². The monoisotopic (exact) mass is 549 g/mol. The van der Waals surface area contributed by atoms with E-state index >= 15 is 0 Å². The molecular formula is C31H39N3O6. The Morgan fingerprint density at radius 2 is 1.68 bits per heavy atom. The second kappa shape index (κ2) is 12.9. The van der Waals surface area contributed by atoms with Crippen LogP contribution >= 0.6 is 0 Å². The number of benzene rings is 2. The van der Waals surface area contributed by atoms with Gasteiger partial charge in [-0.3, -0.25) is 4.79 Å². The Kier molecular flexibility index (Phi) is 9.34. The first-order valence-corrected chi connectivity index (χ1v) is 13.8. The summed E-state index contributed by atoms with van der Waals surface area (Å²) in [7, 11) is 1.59. The number of nitrogens with one attached hydrogen (secondary N) is 2. The maximum absolute atomic E-state index is 13.0. The topological polar surface area (TPSA) is 108 Å². The lowest BCUT2D eigenvalue weighted by molar-refractivity contribution is 0.0466. The summed E-state index contributed by atoms with van der Waals surface area (Å²) in [5.74, 6) is 0.730. The minimum Gasteiger partial charge on any atom is -0.497 e. The van der Waals surface area contributed by atoms with Crippen molar-refractivity contribution < 1.29 is 23.8 Å². The highest BCUT2D eigenvalue weighted by atomic mass is 16.6. The molecule has 2 N–H and O–H groups in total. The van der Waals surface area contributed by atoms with E-state index in [4.69, 9.17) is 14.2 Å². The largest absolute Gasteiger partial charge is 0.497 e. The molecule has 1 unspecified atom stereocenters. The summed E-state index contributed by atoms with van der Waals surface area (Å²) < 4.78 is 18.0. The lowest BCUT2D eigenvalue weighted by atomic mass is 9.81. The van der Waals surface area contributed by atoms with Crippen molar-refractivity contribution in [2.45, 2.75) is 77.3 Å². The van der Waals surface area contributed by atoms with Gasteiger partial charge in [-0.05, 0) is 81.5 Å². The first kappa shape index (κ1) is 29.0. The molecule has 1 heterocycles. The van der Waals surface area contributed by atoms with Crippen LogP contribution in [0.5, 0.6) is 5.75 Å². The molecule has 1 atom stereocenters. The van der Waals surface area contributed by atoms with Crippen molar-refractivity contribution in [2.24, 2.45) is 5.92 Å². The molecule has 0 aliphatic heterocycles. The molecule has 9 heteroatoms. The molecule has 1 saturated carbocycles. The highest BCUT2D eigenvalue weighted by Gasteiger charge is 2.31. The van der Waals surface area contributed by atoms with Crippen LogP contribution in [0.4, 0.5) is 9.59 Å². The molecule has 0 bridgehead atoms. The number of fused-ring (bicyclic) bond motifs is 1. The van der Waals surface area contributed by atoms with Gasteiger partial charge in [-0.25, -0.2) is 9.59 Å². The van der Waals surface area contributed by atoms with E-state index in [-0.39, 0.29) is 36.7 Å². The number of ether oxygens (including phenoxy) is 3. The number of carbonyl (C=O) groups excluding carboxylic acids is 2. The third kappa shape index (κ3) is 8.00. The minimum atomic E-state index is -0.653. The number of nitrogens with zero attached hydrogens (tertiary/aromatic N) is 1. The van der Waals surface area contributed by atoms with Crippen LogP contribution in [-0.2, 0) is 22.6 Å². The summed E-state index contributed by atoms with van der Waals surface area (Å²) in [5.41, 5.74) is 0.853. The van der Waals surface area contributed by atoms with Crippen LogP contribution in [0.2, 0.25) is 0 Å². The molecule has 9 nitrogen and oxygen atoms in total. The van der Waals surface area contributed by atoms with Crippen molar-refractivity contribution >= 4 is 23.1 Å². The second-order valence-electron chi connectivity index (χ2n) is 11.3. The van der Waals surface area contributed by atoms with Gasteiger partial charge in [-0.2, -0.15) is 0 Å². The molecule has 214 valence electrons. The summed E-state index contributed by atoms with van der Waals surface area (Å²) >= 11 is 0. The number of aromatic nitrogens is 1. The third-order valence-electron chi connectivity index (χ3n) is 7.16. The van der Waals surface area contributed by atoms with Crippen molar-refractivity contribution in [3.05, 3.63) is 76.6 Å². The summed E-state index contributed by atoms with van der Waals surface area (Å²) in [6, 6.07) is 18.1. The molecule has 0 spiro atoms. The average Bonchev–Trinajstić information content (AvgIpc) is 2.92.